The highest BCUT2D eigenvalue weighted by Crippen LogP contribution is 2.31. The molecule has 20 heavy (non-hydrogen) atoms. The van der Waals surface area contributed by atoms with E-state index < -0.39 is 0 Å². The number of nitrogens with zero attached hydrogens (tertiary/aromatic N) is 4. The van der Waals surface area contributed by atoms with Crippen LogP contribution in [0.3, 0.4) is 0 Å². The quantitative estimate of drug-likeness (QED) is 0.624. The van der Waals surface area contributed by atoms with E-state index in [2.05, 4.69) is 44.7 Å². The summed E-state index contributed by atoms with van der Waals surface area (Å²) in [6.45, 7) is 4.84. The molecule has 0 bridgehead atoms. The second-order valence-corrected chi connectivity index (χ2v) is 6.04. The molecule has 1 aliphatic heterocycles. The van der Waals surface area contributed by atoms with Crippen molar-refractivity contribution in [2.24, 2.45) is 0 Å². The van der Waals surface area contributed by atoms with Crippen molar-refractivity contribution in [3.8, 4) is 0 Å². The first-order valence-electron chi connectivity index (χ1n) is 6.78. The number of likely N-dealkylation sites (N-methyl/N-ethyl adjacent to an activating group) is 1. The average Bonchev–Trinajstić information content (AvgIpc) is 2.60. The van der Waals surface area contributed by atoms with Gasteiger partial charge < -0.3 is 9.80 Å². The molecule has 0 spiro atoms. The zero-order valence-electron chi connectivity index (χ0n) is 11.8. The fraction of sp³-hybridized carbons (Fsp3) is 0.615. The summed E-state index contributed by atoms with van der Waals surface area (Å²) in [7, 11) is 2.09. The minimum atomic E-state index is -0.353. The van der Waals surface area contributed by atoms with E-state index in [0.717, 1.165) is 32.5 Å². The lowest BCUT2D eigenvalue weighted by Crippen LogP contribution is -2.40. The van der Waals surface area contributed by atoms with Crippen LogP contribution in [0.5, 0.6) is 0 Å². The monoisotopic (exact) mass is 342 g/mol. The smallest absolute Gasteiger partial charge is 0.312 e. The molecular formula is C13H19BrN4O2. The number of hydrogen-bond donors (Lipinski definition) is 0. The number of nitro groups is 1. The number of hydrogen-bond acceptors (Lipinski definition) is 5. The Morgan fingerprint density at radius 1 is 1.55 bits per heavy atom. The lowest BCUT2D eigenvalue weighted by Gasteiger charge is -2.30. The molecule has 0 aromatic carbocycles. The zero-order chi connectivity index (χ0) is 14.7. The van der Waals surface area contributed by atoms with Crippen LogP contribution in [0.2, 0.25) is 0 Å². The third kappa shape index (κ3) is 3.27. The summed E-state index contributed by atoms with van der Waals surface area (Å²) in [6.07, 6.45) is 3.56. The molecule has 7 heteroatoms. The van der Waals surface area contributed by atoms with Gasteiger partial charge in [0.25, 0.3) is 0 Å². The molecule has 2 rings (SSSR count). The summed E-state index contributed by atoms with van der Waals surface area (Å²) < 4.78 is 0.632. The lowest BCUT2D eigenvalue weighted by molar-refractivity contribution is -0.384. The zero-order valence-corrected chi connectivity index (χ0v) is 13.3. The molecule has 6 nitrogen and oxygen atoms in total. The Bertz CT molecular complexity index is 497. The van der Waals surface area contributed by atoms with Gasteiger partial charge in [-0.3, -0.25) is 10.1 Å². The second kappa shape index (κ2) is 6.49. The van der Waals surface area contributed by atoms with Crippen LogP contribution in [0.25, 0.3) is 0 Å². The SMILES string of the molecule is CCC1CN(C)CCCN1c1ncc(Br)cc1[N+](=O)[O-]. The van der Waals surface area contributed by atoms with Crippen LogP contribution in [-0.2, 0) is 0 Å². The van der Waals surface area contributed by atoms with Gasteiger partial charge >= 0.3 is 5.69 Å². The summed E-state index contributed by atoms with van der Waals surface area (Å²) in [5.74, 6) is 0.486. The van der Waals surface area contributed by atoms with Crippen LogP contribution in [-0.4, -0.2) is 47.5 Å². The number of rotatable bonds is 3. The third-order valence-electron chi connectivity index (χ3n) is 3.66. The molecule has 1 atom stereocenters. The van der Waals surface area contributed by atoms with Gasteiger partial charge in [0.2, 0.25) is 5.82 Å². The Hall–Kier alpha value is -1.21. The Morgan fingerprint density at radius 3 is 2.95 bits per heavy atom. The predicted molar refractivity (Wildman–Crippen MR) is 82.1 cm³/mol. The topological polar surface area (TPSA) is 62.5 Å². The molecule has 2 heterocycles. The van der Waals surface area contributed by atoms with Crippen molar-refractivity contribution < 1.29 is 4.92 Å². The van der Waals surface area contributed by atoms with Gasteiger partial charge in [0.1, 0.15) is 0 Å². The molecule has 1 aromatic heterocycles. The van der Waals surface area contributed by atoms with Crippen molar-refractivity contribution in [1.29, 1.82) is 0 Å². The average molecular weight is 343 g/mol. The summed E-state index contributed by atoms with van der Waals surface area (Å²) in [6, 6.07) is 1.79. The van der Waals surface area contributed by atoms with E-state index in [4.69, 9.17) is 0 Å². The first-order valence-corrected chi connectivity index (χ1v) is 7.57. The molecule has 1 aliphatic rings. The molecule has 0 amide bonds. The fourth-order valence-corrected chi connectivity index (χ4v) is 2.97. The molecule has 110 valence electrons. The Labute approximate surface area is 127 Å². The summed E-state index contributed by atoms with van der Waals surface area (Å²) in [5.41, 5.74) is 0.0716. The highest BCUT2D eigenvalue weighted by Gasteiger charge is 2.28. The molecular weight excluding hydrogens is 324 g/mol. The molecule has 0 saturated carbocycles. The van der Waals surface area contributed by atoms with E-state index in [0.29, 0.717) is 10.3 Å². The van der Waals surface area contributed by atoms with Gasteiger partial charge in [-0.2, -0.15) is 0 Å². The number of aromatic nitrogens is 1. The van der Waals surface area contributed by atoms with Crippen LogP contribution in [0.15, 0.2) is 16.7 Å². The Kier molecular flexibility index (Phi) is 4.93. The number of pyridine rings is 1. The van der Waals surface area contributed by atoms with Crippen LogP contribution < -0.4 is 4.90 Å². The van der Waals surface area contributed by atoms with Crippen LogP contribution >= 0.6 is 15.9 Å². The van der Waals surface area contributed by atoms with E-state index >= 15 is 0 Å². The minimum absolute atomic E-state index is 0.0716. The van der Waals surface area contributed by atoms with Gasteiger partial charge in [0.15, 0.2) is 0 Å². The molecule has 0 N–H and O–H groups in total. The first kappa shape index (κ1) is 15.2. The first-order chi connectivity index (χ1) is 9.52. The second-order valence-electron chi connectivity index (χ2n) is 5.12. The molecule has 1 fully saturated rings. The predicted octanol–water partition coefficient (Wildman–Crippen LogP) is 2.67. The summed E-state index contributed by atoms with van der Waals surface area (Å²) in [5, 5.41) is 11.3. The van der Waals surface area contributed by atoms with Gasteiger partial charge in [-0.15, -0.1) is 0 Å². The van der Waals surface area contributed by atoms with Crippen molar-refractivity contribution in [3.63, 3.8) is 0 Å². The van der Waals surface area contributed by atoms with Crippen molar-refractivity contribution in [1.82, 2.24) is 9.88 Å². The van der Waals surface area contributed by atoms with Crippen molar-refractivity contribution in [2.45, 2.75) is 25.8 Å². The number of anilines is 1. The lowest BCUT2D eigenvalue weighted by atomic mass is 10.1. The van der Waals surface area contributed by atoms with E-state index in [9.17, 15) is 10.1 Å². The molecule has 1 saturated heterocycles. The van der Waals surface area contributed by atoms with Crippen LogP contribution in [0.1, 0.15) is 19.8 Å². The van der Waals surface area contributed by atoms with E-state index in [1.54, 1.807) is 6.20 Å². The van der Waals surface area contributed by atoms with E-state index in [1.165, 1.54) is 6.07 Å². The van der Waals surface area contributed by atoms with E-state index in [-0.39, 0.29) is 16.7 Å². The van der Waals surface area contributed by atoms with Crippen molar-refractivity contribution >= 4 is 27.4 Å². The van der Waals surface area contributed by atoms with Gasteiger partial charge in [0, 0.05) is 35.9 Å². The molecule has 1 unspecified atom stereocenters. The largest absolute Gasteiger partial charge is 0.347 e. The minimum Gasteiger partial charge on any atom is -0.347 e. The van der Waals surface area contributed by atoms with Gasteiger partial charge in [-0.05, 0) is 42.4 Å². The standard InChI is InChI=1S/C13H19BrN4O2/c1-3-11-9-16(2)5-4-6-17(11)13-12(18(19)20)7-10(14)8-15-13/h7-8,11H,3-6,9H2,1-2H3. The molecule has 0 radical (unpaired) electrons. The van der Waals surface area contributed by atoms with Gasteiger partial charge in [-0.25, -0.2) is 4.98 Å². The molecule has 1 aromatic rings. The van der Waals surface area contributed by atoms with Crippen LogP contribution in [0, 0.1) is 10.1 Å². The van der Waals surface area contributed by atoms with Crippen molar-refractivity contribution in [3.05, 3.63) is 26.9 Å². The number of halogens is 1. The van der Waals surface area contributed by atoms with Gasteiger partial charge in [0.05, 0.1) is 4.92 Å². The van der Waals surface area contributed by atoms with Gasteiger partial charge in [-0.1, -0.05) is 6.92 Å². The molecule has 0 aliphatic carbocycles. The normalized spacial score (nSPS) is 20.8. The third-order valence-corrected chi connectivity index (χ3v) is 4.09. The fourth-order valence-electron chi connectivity index (χ4n) is 2.65. The maximum atomic E-state index is 11.3. The summed E-state index contributed by atoms with van der Waals surface area (Å²) >= 11 is 3.25. The van der Waals surface area contributed by atoms with Crippen molar-refractivity contribution in [2.75, 3.05) is 31.6 Å². The Balaban J connectivity index is 2.39. The van der Waals surface area contributed by atoms with E-state index in [1.807, 2.05) is 0 Å². The highest BCUT2D eigenvalue weighted by atomic mass is 79.9. The maximum Gasteiger partial charge on any atom is 0.312 e. The summed E-state index contributed by atoms with van der Waals surface area (Å²) in [4.78, 5) is 19.6. The highest BCUT2D eigenvalue weighted by molar-refractivity contribution is 9.10. The van der Waals surface area contributed by atoms with Crippen LogP contribution in [0.4, 0.5) is 11.5 Å². The maximum absolute atomic E-state index is 11.3. The Morgan fingerprint density at radius 2 is 2.30 bits per heavy atom.